The summed E-state index contributed by atoms with van der Waals surface area (Å²) >= 11 is 5.41. The van der Waals surface area contributed by atoms with E-state index in [1.165, 1.54) is 0 Å². The molecular weight excluding hydrogens is 353 g/mol. The molecule has 1 aromatic carbocycles. The largest absolute Gasteiger partial charge is 0.491 e. The van der Waals surface area contributed by atoms with Crippen molar-refractivity contribution in [1.29, 1.82) is 0 Å². The van der Waals surface area contributed by atoms with Crippen molar-refractivity contribution in [2.75, 3.05) is 20.3 Å². The predicted molar refractivity (Wildman–Crippen MR) is 75.9 cm³/mol. The van der Waals surface area contributed by atoms with E-state index in [9.17, 15) is 22.8 Å². The maximum atomic E-state index is 12.8. The minimum absolute atomic E-state index is 0.0769. The van der Waals surface area contributed by atoms with Crippen LogP contribution in [-0.4, -0.2) is 42.3 Å². The van der Waals surface area contributed by atoms with Crippen molar-refractivity contribution >= 4 is 28.6 Å². The summed E-state index contributed by atoms with van der Waals surface area (Å²) in [7, 11) is 1.15. The topological polar surface area (TPSA) is 68.2 Å². The summed E-state index contributed by atoms with van der Waals surface area (Å²) < 4.78 is 48.6. The first-order valence-corrected chi connectivity index (χ1v) is 7.06. The molecule has 0 bridgehead atoms. The lowest BCUT2D eigenvalue weighted by molar-refractivity contribution is -0.150. The van der Waals surface area contributed by atoms with Crippen LogP contribution in [0.3, 0.4) is 0 Å². The zero-order valence-electron chi connectivity index (χ0n) is 12.2. The number of benzene rings is 1. The quantitative estimate of drug-likeness (QED) is 0.437. The van der Waals surface area contributed by atoms with Crippen molar-refractivity contribution in [3.05, 3.63) is 29.3 Å². The van der Waals surface area contributed by atoms with E-state index in [-0.39, 0.29) is 30.2 Å². The van der Waals surface area contributed by atoms with Gasteiger partial charge in [0.2, 0.25) is 0 Å². The van der Waals surface area contributed by atoms with Crippen LogP contribution in [0.15, 0.2) is 23.3 Å². The molecule has 0 spiro atoms. The molecule has 2 heterocycles. The summed E-state index contributed by atoms with van der Waals surface area (Å²) in [6.45, 7) is -0.523. The number of ether oxygens (including phenoxy) is 2. The zero-order chi connectivity index (χ0) is 17.7. The molecule has 1 unspecified atom stereocenters. The van der Waals surface area contributed by atoms with Gasteiger partial charge in [0.05, 0.1) is 24.9 Å². The first-order valence-electron chi connectivity index (χ1n) is 6.68. The predicted octanol–water partition coefficient (Wildman–Crippen LogP) is 2.64. The van der Waals surface area contributed by atoms with E-state index < -0.39 is 28.5 Å². The number of carbonyl (C=O) groups is 2. The fourth-order valence-corrected chi connectivity index (χ4v) is 2.84. The van der Waals surface area contributed by atoms with Gasteiger partial charge in [-0.25, -0.2) is 5.01 Å². The molecule has 24 heavy (non-hydrogen) atoms. The van der Waals surface area contributed by atoms with Crippen molar-refractivity contribution in [2.45, 2.75) is 6.18 Å². The van der Waals surface area contributed by atoms with E-state index in [0.717, 1.165) is 30.3 Å². The highest BCUT2D eigenvalue weighted by molar-refractivity contribution is 6.63. The molecule has 0 aromatic heterocycles. The van der Waals surface area contributed by atoms with Gasteiger partial charge >= 0.3 is 17.5 Å². The summed E-state index contributed by atoms with van der Waals surface area (Å²) in [6, 6.07) is 2.82. The summed E-state index contributed by atoms with van der Waals surface area (Å²) in [5.74, 6) is -0.792. The monoisotopic (exact) mass is 362 g/mol. The van der Waals surface area contributed by atoms with Gasteiger partial charge in [0, 0.05) is 5.56 Å². The second-order valence-electron chi connectivity index (χ2n) is 5.33. The van der Waals surface area contributed by atoms with Gasteiger partial charge in [0.1, 0.15) is 12.4 Å². The van der Waals surface area contributed by atoms with Crippen LogP contribution in [0.5, 0.6) is 5.75 Å². The molecule has 1 atom stereocenters. The number of esters is 1. The van der Waals surface area contributed by atoms with E-state index in [2.05, 4.69) is 5.10 Å². The molecule has 1 aromatic rings. The van der Waals surface area contributed by atoms with Crippen molar-refractivity contribution in [2.24, 2.45) is 10.5 Å². The van der Waals surface area contributed by atoms with E-state index >= 15 is 0 Å². The molecule has 0 saturated heterocycles. The second kappa shape index (κ2) is 5.37. The Labute approximate surface area is 138 Å². The molecule has 2 aliphatic heterocycles. The number of nitrogens with zero attached hydrogens (tertiary/aromatic N) is 2. The average molecular weight is 363 g/mol. The number of fused-ring (bicyclic) bond motifs is 3. The molecule has 0 N–H and O–H groups in total. The van der Waals surface area contributed by atoms with Crippen molar-refractivity contribution < 1.29 is 32.2 Å². The third-order valence-corrected chi connectivity index (χ3v) is 4.11. The summed E-state index contributed by atoms with van der Waals surface area (Å²) in [6.07, 6.45) is -4.54. The van der Waals surface area contributed by atoms with Gasteiger partial charge < -0.3 is 9.47 Å². The third-order valence-electron chi connectivity index (χ3n) is 3.91. The van der Waals surface area contributed by atoms with Gasteiger partial charge in [-0.1, -0.05) is 0 Å². The molecular formula is C14H10ClF3N2O4. The minimum atomic E-state index is -4.54. The van der Waals surface area contributed by atoms with Gasteiger partial charge in [-0.05, 0) is 29.8 Å². The highest BCUT2D eigenvalue weighted by atomic mass is 35.5. The third kappa shape index (κ3) is 2.39. The van der Waals surface area contributed by atoms with E-state index in [4.69, 9.17) is 21.1 Å². The first-order chi connectivity index (χ1) is 11.2. The van der Waals surface area contributed by atoms with Crippen LogP contribution in [0.1, 0.15) is 11.1 Å². The Balaban J connectivity index is 2.13. The summed E-state index contributed by atoms with van der Waals surface area (Å²) in [5, 5.41) is 3.92. The minimum Gasteiger partial charge on any atom is -0.491 e. The van der Waals surface area contributed by atoms with Crippen molar-refractivity contribution in [3.63, 3.8) is 0 Å². The van der Waals surface area contributed by atoms with E-state index in [1.807, 2.05) is 0 Å². The summed E-state index contributed by atoms with van der Waals surface area (Å²) in [5.41, 5.74) is -2.04. The smallest absolute Gasteiger partial charge is 0.416 e. The van der Waals surface area contributed by atoms with Gasteiger partial charge in [-0.15, -0.1) is 0 Å². The average Bonchev–Trinajstić information content (AvgIpc) is 2.94. The molecule has 3 rings (SSSR count). The molecule has 0 saturated carbocycles. The lowest BCUT2D eigenvalue weighted by atomic mass is 9.78. The second-order valence-corrected chi connectivity index (χ2v) is 5.65. The Hall–Kier alpha value is -2.29. The fourth-order valence-electron chi connectivity index (χ4n) is 2.74. The molecule has 10 heteroatoms. The zero-order valence-corrected chi connectivity index (χ0v) is 12.9. The molecule has 0 radical (unpaired) electrons. The number of amides is 1. The molecule has 0 fully saturated rings. The molecule has 128 valence electrons. The highest BCUT2D eigenvalue weighted by Gasteiger charge is 2.55. The van der Waals surface area contributed by atoms with Crippen LogP contribution >= 0.6 is 11.6 Å². The maximum absolute atomic E-state index is 12.8. The highest BCUT2D eigenvalue weighted by Crippen LogP contribution is 2.43. The Morgan fingerprint density at radius 3 is 2.71 bits per heavy atom. The van der Waals surface area contributed by atoms with Crippen molar-refractivity contribution in [3.8, 4) is 5.75 Å². The van der Waals surface area contributed by atoms with E-state index in [1.54, 1.807) is 0 Å². The fraction of sp³-hybridized carbons (Fsp3) is 0.357. The molecule has 6 nitrogen and oxygen atoms in total. The number of hydrogen-bond donors (Lipinski definition) is 0. The molecule has 0 aliphatic carbocycles. The van der Waals surface area contributed by atoms with Crippen LogP contribution in [0.25, 0.3) is 0 Å². The maximum Gasteiger partial charge on any atom is 0.416 e. The van der Waals surface area contributed by atoms with Crippen LogP contribution in [-0.2, 0) is 15.7 Å². The lowest BCUT2D eigenvalue weighted by Gasteiger charge is -2.32. The Morgan fingerprint density at radius 1 is 1.42 bits per heavy atom. The van der Waals surface area contributed by atoms with E-state index in [0.29, 0.717) is 0 Å². The Kier molecular flexibility index (Phi) is 3.71. The number of alkyl halides is 3. The van der Waals surface area contributed by atoms with Crippen LogP contribution in [0, 0.1) is 5.41 Å². The Bertz CT molecular complexity index is 765. The molecule has 2 aliphatic rings. The van der Waals surface area contributed by atoms with Gasteiger partial charge in [-0.2, -0.15) is 18.3 Å². The number of hydrogen-bond acceptors (Lipinski definition) is 5. The number of carbonyl (C=O) groups excluding carboxylic acids is 2. The SMILES string of the molecule is COC(=O)C12COc3cc(C(F)(F)F)ccc3C1=NN(C(=O)Cl)C2. The lowest BCUT2D eigenvalue weighted by Crippen LogP contribution is -2.50. The number of methoxy groups -OCH3 is 1. The normalized spacial score (nSPS) is 22.2. The number of halogens is 4. The Morgan fingerprint density at radius 2 is 2.12 bits per heavy atom. The molecule has 1 amide bonds. The van der Waals surface area contributed by atoms with Crippen molar-refractivity contribution in [1.82, 2.24) is 5.01 Å². The first kappa shape index (κ1) is 16.6. The summed E-state index contributed by atoms with van der Waals surface area (Å²) in [4.78, 5) is 23.6. The van der Waals surface area contributed by atoms with Crippen LogP contribution < -0.4 is 4.74 Å². The number of rotatable bonds is 1. The van der Waals surface area contributed by atoms with Gasteiger partial charge in [-0.3, -0.25) is 9.59 Å². The van der Waals surface area contributed by atoms with Gasteiger partial charge in [0.25, 0.3) is 0 Å². The van der Waals surface area contributed by atoms with Crippen LogP contribution in [0.4, 0.5) is 18.0 Å². The van der Waals surface area contributed by atoms with Crippen LogP contribution in [0.2, 0.25) is 0 Å². The number of hydrazone groups is 1. The van der Waals surface area contributed by atoms with Gasteiger partial charge in [0.15, 0.2) is 5.41 Å². The standard InChI is InChI=1S/C14H10ClF3N2O4/c1-23-11(21)13-5-20(12(15)22)19-10(13)8-3-2-7(14(16,17)18)4-9(8)24-6-13/h2-4H,5-6H2,1H3.